The number of ether oxygens (including phenoxy) is 1. The van der Waals surface area contributed by atoms with Gasteiger partial charge in [0.05, 0.1) is 13.7 Å². The average Bonchev–Trinajstić information content (AvgIpc) is 2.75. The highest BCUT2D eigenvalue weighted by molar-refractivity contribution is 5.89. The van der Waals surface area contributed by atoms with E-state index >= 15 is 0 Å². The Morgan fingerprint density at radius 2 is 1.86 bits per heavy atom. The highest BCUT2D eigenvalue weighted by Crippen LogP contribution is 2.11. The molecule has 1 aliphatic heterocycles. The van der Waals surface area contributed by atoms with Crippen molar-refractivity contribution in [1.29, 1.82) is 0 Å². The van der Waals surface area contributed by atoms with E-state index in [1.807, 2.05) is 36.1 Å². The van der Waals surface area contributed by atoms with E-state index in [0.717, 1.165) is 24.2 Å². The Morgan fingerprint density at radius 1 is 1.14 bits per heavy atom. The number of urea groups is 1. The summed E-state index contributed by atoms with van der Waals surface area (Å²) in [6, 6.07) is 7.64. The largest absolute Gasteiger partial charge is 0.468 e. The first-order chi connectivity index (χ1) is 10.6. The van der Waals surface area contributed by atoms with Gasteiger partial charge in [0.2, 0.25) is 0 Å². The molecule has 0 saturated carbocycles. The maximum Gasteiger partial charge on any atom is 0.321 e. The fourth-order valence-corrected chi connectivity index (χ4v) is 2.42. The van der Waals surface area contributed by atoms with Crippen LogP contribution in [-0.2, 0) is 9.53 Å². The van der Waals surface area contributed by atoms with Crippen molar-refractivity contribution in [3.63, 3.8) is 0 Å². The minimum atomic E-state index is -0.238. The van der Waals surface area contributed by atoms with E-state index in [1.165, 1.54) is 7.11 Å². The van der Waals surface area contributed by atoms with Crippen molar-refractivity contribution in [3.05, 3.63) is 29.8 Å². The maximum absolute atomic E-state index is 12.3. The molecule has 120 valence electrons. The molecule has 0 aromatic heterocycles. The van der Waals surface area contributed by atoms with E-state index in [-0.39, 0.29) is 18.5 Å². The van der Waals surface area contributed by atoms with Gasteiger partial charge in [-0.25, -0.2) is 4.79 Å². The predicted octanol–water partition coefficient (Wildman–Crippen LogP) is 1.71. The van der Waals surface area contributed by atoms with Gasteiger partial charge in [-0.1, -0.05) is 17.7 Å². The standard InChI is InChI=1S/C16H23N3O3/c1-13-4-6-14(7-5-13)17-16(21)19-9-3-8-18(10-11-19)12-15(20)22-2/h4-7H,3,8-12H2,1-2H3,(H,17,21). The second kappa shape index (κ2) is 7.79. The number of rotatable bonds is 3. The smallest absolute Gasteiger partial charge is 0.321 e. The molecule has 6 nitrogen and oxygen atoms in total. The third-order valence-electron chi connectivity index (χ3n) is 3.76. The average molecular weight is 305 g/mol. The van der Waals surface area contributed by atoms with E-state index in [4.69, 9.17) is 0 Å². The van der Waals surface area contributed by atoms with Crippen LogP contribution in [0.3, 0.4) is 0 Å². The SMILES string of the molecule is COC(=O)CN1CCCN(C(=O)Nc2ccc(C)cc2)CC1. The number of nitrogens with one attached hydrogen (secondary N) is 1. The van der Waals surface area contributed by atoms with Crippen LogP contribution in [0.2, 0.25) is 0 Å². The summed E-state index contributed by atoms with van der Waals surface area (Å²) in [5.74, 6) is -0.238. The van der Waals surface area contributed by atoms with Crippen molar-refractivity contribution in [2.75, 3.05) is 45.2 Å². The minimum absolute atomic E-state index is 0.0937. The van der Waals surface area contributed by atoms with Gasteiger partial charge in [-0.3, -0.25) is 9.69 Å². The van der Waals surface area contributed by atoms with Gasteiger partial charge in [-0.05, 0) is 25.5 Å². The van der Waals surface area contributed by atoms with Gasteiger partial charge >= 0.3 is 12.0 Å². The van der Waals surface area contributed by atoms with E-state index in [9.17, 15) is 9.59 Å². The van der Waals surface area contributed by atoms with E-state index < -0.39 is 0 Å². The third kappa shape index (κ3) is 4.73. The topological polar surface area (TPSA) is 61.9 Å². The number of anilines is 1. The highest BCUT2D eigenvalue weighted by Gasteiger charge is 2.20. The first kappa shape index (κ1) is 16.3. The Labute approximate surface area is 131 Å². The number of esters is 1. The third-order valence-corrected chi connectivity index (χ3v) is 3.76. The number of methoxy groups -OCH3 is 1. The van der Waals surface area contributed by atoms with Crippen molar-refractivity contribution in [2.45, 2.75) is 13.3 Å². The van der Waals surface area contributed by atoms with Crippen LogP contribution < -0.4 is 5.32 Å². The molecule has 1 saturated heterocycles. The van der Waals surface area contributed by atoms with E-state index in [0.29, 0.717) is 19.6 Å². The fraction of sp³-hybridized carbons (Fsp3) is 0.500. The molecule has 0 atom stereocenters. The molecule has 0 aliphatic carbocycles. The van der Waals surface area contributed by atoms with Gasteiger partial charge in [0.25, 0.3) is 0 Å². The quantitative estimate of drug-likeness (QED) is 0.864. The Bertz CT molecular complexity index is 516. The Hall–Kier alpha value is -2.08. The van der Waals surface area contributed by atoms with Crippen LogP contribution in [0.4, 0.5) is 10.5 Å². The van der Waals surface area contributed by atoms with Gasteiger partial charge in [-0.2, -0.15) is 0 Å². The first-order valence-corrected chi connectivity index (χ1v) is 7.50. The lowest BCUT2D eigenvalue weighted by molar-refractivity contribution is -0.141. The van der Waals surface area contributed by atoms with Crippen LogP contribution in [0.1, 0.15) is 12.0 Å². The summed E-state index contributed by atoms with van der Waals surface area (Å²) in [7, 11) is 1.39. The molecule has 22 heavy (non-hydrogen) atoms. The molecule has 2 rings (SSSR count). The van der Waals surface area contributed by atoms with Crippen molar-refractivity contribution < 1.29 is 14.3 Å². The highest BCUT2D eigenvalue weighted by atomic mass is 16.5. The van der Waals surface area contributed by atoms with Crippen LogP contribution in [-0.4, -0.2) is 61.6 Å². The number of amides is 2. The zero-order chi connectivity index (χ0) is 15.9. The van der Waals surface area contributed by atoms with Crippen molar-refractivity contribution in [1.82, 2.24) is 9.80 Å². The molecule has 0 spiro atoms. The number of nitrogens with zero attached hydrogens (tertiary/aromatic N) is 2. The number of carbonyl (C=O) groups excluding carboxylic acids is 2. The Morgan fingerprint density at radius 3 is 2.55 bits per heavy atom. The lowest BCUT2D eigenvalue weighted by Crippen LogP contribution is -2.39. The van der Waals surface area contributed by atoms with Crippen LogP contribution in [0.5, 0.6) is 0 Å². The van der Waals surface area contributed by atoms with Crippen molar-refractivity contribution in [2.24, 2.45) is 0 Å². The molecular weight excluding hydrogens is 282 g/mol. The van der Waals surface area contributed by atoms with Gasteiger partial charge in [0.1, 0.15) is 0 Å². The van der Waals surface area contributed by atoms with Crippen molar-refractivity contribution >= 4 is 17.7 Å². The van der Waals surface area contributed by atoms with Gasteiger partial charge in [0.15, 0.2) is 0 Å². The summed E-state index contributed by atoms with van der Waals surface area (Å²) in [4.78, 5) is 27.4. The summed E-state index contributed by atoms with van der Waals surface area (Å²) in [5.41, 5.74) is 1.96. The molecule has 0 radical (unpaired) electrons. The van der Waals surface area contributed by atoms with Gasteiger partial charge in [-0.15, -0.1) is 0 Å². The molecule has 2 amide bonds. The molecule has 1 N–H and O–H groups in total. The normalized spacial score (nSPS) is 16.0. The first-order valence-electron chi connectivity index (χ1n) is 7.50. The molecule has 0 unspecified atom stereocenters. The second-order valence-corrected chi connectivity index (χ2v) is 5.49. The number of hydrogen-bond acceptors (Lipinski definition) is 4. The summed E-state index contributed by atoms with van der Waals surface area (Å²) in [5, 5.41) is 2.91. The zero-order valence-corrected chi connectivity index (χ0v) is 13.2. The zero-order valence-electron chi connectivity index (χ0n) is 13.2. The van der Waals surface area contributed by atoms with Crippen LogP contribution >= 0.6 is 0 Å². The number of carbonyl (C=O) groups is 2. The molecule has 1 fully saturated rings. The number of hydrogen-bond donors (Lipinski definition) is 1. The Kier molecular flexibility index (Phi) is 5.77. The molecule has 1 heterocycles. The van der Waals surface area contributed by atoms with Crippen LogP contribution in [0.25, 0.3) is 0 Å². The fourth-order valence-electron chi connectivity index (χ4n) is 2.42. The molecule has 1 aromatic rings. The van der Waals surface area contributed by atoms with Crippen LogP contribution in [0, 0.1) is 6.92 Å². The summed E-state index contributed by atoms with van der Waals surface area (Å²) in [6.45, 7) is 5.06. The van der Waals surface area contributed by atoms with Crippen molar-refractivity contribution in [3.8, 4) is 0 Å². The molecule has 6 heteroatoms. The van der Waals surface area contributed by atoms with Gasteiger partial charge < -0.3 is 15.0 Å². The lowest BCUT2D eigenvalue weighted by atomic mass is 10.2. The molecule has 0 bridgehead atoms. The Balaban J connectivity index is 1.86. The second-order valence-electron chi connectivity index (χ2n) is 5.49. The molecule has 1 aliphatic rings. The van der Waals surface area contributed by atoms with E-state index in [2.05, 4.69) is 10.1 Å². The summed E-state index contributed by atoms with van der Waals surface area (Å²) in [6.07, 6.45) is 0.846. The predicted molar refractivity (Wildman–Crippen MR) is 84.8 cm³/mol. The molecule has 1 aromatic carbocycles. The summed E-state index contributed by atoms with van der Waals surface area (Å²) < 4.78 is 4.68. The van der Waals surface area contributed by atoms with Gasteiger partial charge in [0, 0.05) is 31.9 Å². The lowest BCUT2D eigenvalue weighted by Gasteiger charge is -2.21. The minimum Gasteiger partial charge on any atom is -0.468 e. The monoisotopic (exact) mass is 305 g/mol. The molecular formula is C16H23N3O3. The number of benzene rings is 1. The van der Waals surface area contributed by atoms with Crippen LogP contribution in [0.15, 0.2) is 24.3 Å². The van der Waals surface area contributed by atoms with E-state index in [1.54, 1.807) is 4.90 Å². The number of aryl methyl sites for hydroxylation is 1. The maximum atomic E-state index is 12.3. The summed E-state index contributed by atoms with van der Waals surface area (Å²) >= 11 is 0.